The van der Waals surface area contributed by atoms with Crippen LogP contribution in [-0.4, -0.2) is 29.0 Å². The molecule has 0 heterocycles. The minimum atomic E-state index is -1.62. The summed E-state index contributed by atoms with van der Waals surface area (Å²) < 4.78 is 6.32. The minimum absolute atomic E-state index is 0.291. The fourth-order valence-electron chi connectivity index (χ4n) is 2.51. The Morgan fingerprint density at radius 3 is 1.80 bits per heavy atom. The Balaban J connectivity index is 2.02. The van der Waals surface area contributed by atoms with Crippen molar-refractivity contribution in [3.8, 4) is 0 Å². The predicted molar refractivity (Wildman–Crippen MR) is 116 cm³/mol. The summed E-state index contributed by atoms with van der Waals surface area (Å²) in [4.78, 5) is 0. The van der Waals surface area contributed by atoms with Gasteiger partial charge in [-0.3, -0.25) is 0 Å². The lowest BCUT2D eigenvalue weighted by Gasteiger charge is -2.36. The molecular formula is C22H32OSi2. The first-order chi connectivity index (χ1) is 11.8. The quantitative estimate of drug-likeness (QED) is 0.517. The smallest absolute Gasteiger partial charge is 0.191 e. The summed E-state index contributed by atoms with van der Waals surface area (Å²) in [7, 11) is -2.43. The third-order valence-corrected chi connectivity index (χ3v) is 12.3. The van der Waals surface area contributed by atoms with Crippen LogP contribution in [0.5, 0.6) is 0 Å². The van der Waals surface area contributed by atoms with Gasteiger partial charge in [-0.15, -0.1) is 0 Å². The summed E-state index contributed by atoms with van der Waals surface area (Å²) in [5.41, 5.74) is 2.55. The van der Waals surface area contributed by atoms with Crippen molar-refractivity contribution in [1.29, 1.82) is 0 Å². The van der Waals surface area contributed by atoms with E-state index in [1.165, 1.54) is 10.4 Å². The molecule has 0 spiro atoms. The molecule has 0 N–H and O–H groups in total. The maximum Gasteiger partial charge on any atom is 0.191 e. The highest BCUT2D eigenvalue weighted by molar-refractivity contribution is 6.88. The molecule has 2 aromatic rings. The Bertz CT molecular complexity index is 629. The van der Waals surface area contributed by atoms with E-state index in [1.807, 2.05) is 0 Å². The first-order valence-electron chi connectivity index (χ1n) is 9.26. The summed E-state index contributed by atoms with van der Waals surface area (Å²) in [6.45, 7) is 12.5. The monoisotopic (exact) mass is 368 g/mol. The van der Waals surface area contributed by atoms with E-state index in [-0.39, 0.29) is 0 Å². The molecule has 0 atom stereocenters. The van der Waals surface area contributed by atoms with Crippen molar-refractivity contribution < 1.29 is 4.43 Å². The molecule has 0 fully saturated rings. The molecule has 3 heteroatoms. The topological polar surface area (TPSA) is 9.23 Å². The number of rotatable bonds is 7. The lowest BCUT2D eigenvalue weighted by molar-refractivity contribution is 0.285. The Labute approximate surface area is 156 Å². The summed E-state index contributed by atoms with van der Waals surface area (Å²) in [5.74, 6) is 0. The van der Waals surface area contributed by atoms with Crippen molar-refractivity contribution in [2.45, 2.75) is 51.7 Å². The normalized spacial score (nSPS) is 12.0. The number of hydrogen-bond donors (Lipinski definition) is 0. The van der Waals surface area contributed by atoms with Crippen molar-refractivity contribution in [3.05, 3.63) is 60.7 Å². The van der Waals surface area contributed by atoms with E-state index in [4.69, 9.17) is 4.43 Å². The van der Waals surface area contributed by atoms with Gasteiger partial charge in [-0.2, -0.15) is 0 Å². The van der Waals surface area contributed by atoms with Gasteiger partial charge < -0.3 is 4.43 Å². The standard InChI is InChI=1S/C22H32OSi2/c1-22(2,3)25(4,5)23-18-12-13-19-24(20-14-8-6-9-15-20)21-16-10-7-11-17-21/h6-11,14-17,19H,12-13,18H2,1-5H3. The zero-order chi connectivity index (χ0) is 18.3. The molecule has 0 aliphatic heterocycles. The lowest BCUT2D eigenvalue weighted by Crippen LogP contribution is -2.41. The molecule has 0 radical (unpaired) electrons. The fraction of sp³-hybridized carbons (Fsp3) is 0.409. The minimum Gasteiger partial charge on any atom is -0.417 e. The van der Waals surface area contributed by atoms with Gasteiger partial charge in [0.15, 0.2) is 8.32 Å². The average Bonchev–Trinajstić information content (AvgIpc) is 2.58. The summed E-state index contributed by atoms with van der Waals surface area (Å²) in [6.07, 6.45) is 2.23. The maximum atomic E-state index is 6.32. The van der Waals surface area contributed by atoms with Crippen LogP contribution in [0.3, 0.4) is 0 Å². The van der Waals surface area contributed by atoms with E-state index in [0.29, 0.717) is 5.04 Å². The zero-order valence-electron chi connectivity index (χ0n) is 16.4. The molecule has 0 aromatic heterocycles. The second kappa shape index (κ2) is 8.88. The van der Waals surface area contributed by atoms with Crippen LogP contribution in [0.1, 0.15) is 33.6 Å². The molecule has 0 saturated heterocycles. The van der Waals surface area contributed by atoms with Crippen molar-refractivity contribution in [1.82, 2.24) is 0 Å². The fourth-order valence-corrected chi connectivity index (χ4v) is 6.00. The van der Waals surface area contributed by atoms with E-state index >= 15 is 0 Å². The number of benzene rings is 2. The Morgan fingerprint density at radius 1 is 0.880 bits per heavy atom. The van der Waals surface area contributed by atoms with Crippen LogP contribution in [-0.2, 0) is 4.43 Å². The molecule has 0 amide bonds. The molecule has 0 saturated carbocycles. The van der Waals surface area contributed by atoms with Gasteiger partial charge in [0.1, 0.15) is 0 Å². The second-order valence-electron chi connectivity index (χ2n) is 8.10. The molecule has 0 unspecified atom stereocenters. The maximum absolute atomic E-state index is 6.32. The highest BCUT2D eigenvalue weighted by atomic mass is 28.4. The molecule has 0 aliphatic carbocycles. The first kappa shape index (κ1) is 20.0. The number of unbranched alkanes of at least 4 members (excludes halogenated alkanes) is 1. The third kappa shape index (κ3) is 5.87. The van der Waals surface area contributed by atoms with Gasteiger partial charge in [-0.05, 0) is 41.3 Å². The Kier molecular flexibility index (Phi) is 7.11. The average molecular weight is 369 g/mol. The SMILES string of the molecule is CC(C)(C)[Si](C)(C)OCCCC=[Si](c1ccccc1)c1ccccc1. The van der Waals surface area contributed by atoms with Crippen LogP contribution in [0, 0.1) is 0 Å². The van der Waals surface area contributed by atoms with Gasteiger partial charge in [-0.25, -0.2) is 0 Å². The largest absolute Gasteiger partial charge is 0.417 e. The van der Waals surface area contributed by atoms with Gasteiger partial charge in [0.2, 0.25) is 0 Å². The molecule has 1 nitrogen and oxygen atoms in total. The molecule has 0 bridgehead atoms. The van der Waals surface area contributed by atoms with Gasteiger partial charge >= 0.3 is 0 Å². The van der Waals surface area contributed by atoms with Crippen molar-refractivity contribution >= 4 is 32.8 Å². The Hall–Kier alpha value is -1.30. The van der Waals surface area contributed by atoms with Gasteiger partial charge in [0.05, 0.1) is 8.41 Å². The molecule has 0 aliphatic rings. The Morgan fingerprint density at radius 2 is 1.36 bits per heavy atom. The van der Waals surface area contributed by atoms with Crippen LogP contribution in [0.4, 0.5) is 0 Å². The molecule has 25 heavy (non-hydrogen) atoms. The first-order valence-corrected chi connectivity index (χ1v) is 13.7. The molecular weight excluding hydrogens is 336 g/mol. The molecule has 2 aromatic carbocycles. The van der Waals surface area contributed by atoms with Crippen LogP contribution < -0.4 is 10.4 Å². The number of hydrogen-bond acceptors (Lipinski definition) is 1. The zero-order valence-corrected chi connectivity index (χ0v) is 18.4. The van der Waals surface area contributed by atoms with Crippen molar-refractivity contribution in [2.75, 3.05) is 6.61 Å². The van der Waals surface area contributed by atoms with Crippen LogP contribution in [0.25, 0.3) is 0 Å². The van der Waals surface area contributed by atoms with Gasteiger partial charge in [-0.1, -0.05) is 87.1 Å². The van der Waals surface area contributed by atoms with E-state index in [0.717, 1.165) is 19.4 Å². The van der Waals surface area contributed by atoms with Crippen molar-refractivity contribution in [2.24, 2.45) is 0 Å². The highest BCUT2D eigenvalue weighted by Gasteiger charge is 2.36. The second-order valence-corrected chi connectivity index (χ2v) is 15.3. The van der Waals surface area contributed by atoms with Crippen LogP contribution >= 0.6 is 0 Å². The lowest BCUT2D eigenvalue weighted by atomic mass is 10.2. The van der Waals surface area contributed by atoms with Crippen LogP contribution in [0.2, 0.25) is 18.1 Å². The summed E-state index contributed by atoms with van der Waals surface area (Å²) in [6, 6.07) is 21.9. The van der Waals surface area contributed by atoms with Gasteiger partial charge in [0, 0.05) is 6.61 Å². The summed E-state index contributed by atoms with van der Waals surface area (Å²) in [5, 5.41) is 3.22. The molecule has 2 rings (SSSR count). The predicted octanol–water partition coefficient (Wildman–Crippen LogP) is 4.48. The molecule has 134 valence electrons. The summed E-state index contributed by atoms with van der Waals surface area (Å²) >= 11 is 0. The van der Waals surface area contributed by atoms with E-state index in [1.54, 1.807) is 0 Å². The van der Waals surface area contributed by atoms with Crippen LogP contribution in [0.15, 0.2) is 60.7 Å². The van der Waals surface area contributed by atoms with Crippen molar-refractivity contribution in [3.63, 3.8) is 0 Å². The van der Waals surface area contributed by atoms with E-state index < -0.39 is 16.7 Å². The third-order valence-electron chi connectivity index (χ3n) is 5.14. The van der Waals surface area contributed by atoms with Gasteiger partial charge in [0.25, 0.3) is 0 Å². The van der Waals surface area contributed by atoms with E-state index in [9.17, 15) is 0 Å². The van der Waals surface area contributed by atoms with E-state index in [2.05, 4.69) is 100 Å². The highest BCUT2D eigenvalue weighted by Crippen LogP contribution is 2.36.